The lowest BCUT2D eigenvalue weighted by Crippen LogP contribution is -2.22. The van der Waals surface area contributed by atoms with Crippen LogP contribution in [0.2, 0.25) is 0 Å². The van der Waals surface area contributed by atoms with Crippen molar-refractivity contribution in [3.8, 4) is 11.3 Å². The van der Waals surface area contributed by atoms with Gasteiger partial charge in [-0.15, -0.1) is 11.3 Å². The fraction of sp³-hybridized carbons (Fsp3) is 0.0435. The molecule has 4 rings (SSSR count). The van der Waals surface area contributed by atoms with Crippen LogP contribution in [0.4, 0.5) is 11.4 Å². The second-order valence-corrected chi connectivity index (χ2v) is 9.74. The lowest BCUT2D eigenvalue weighted by molar-refractivity contribution is -0.385. The van der Waals surface area contributed by atoms with Gasteiger partial charge in [-0.3, -0.25) is 19.6 Å². The molecule has 1 amide bonds. The van der Waals surface area contributed by atoms with Crippen molar-refractivity contribution in [1.29, 1.82) is 0 Å². The molecule has 1 aromatic heterocycles. The molecule has 0 fully saturated rings. The zero-order valence-corrected chi connectivity index (χ0v) is 19.2. The standard InChI is InChI=1S/C23H18N4O5S2/c28-23(24-14-22-25-21(15-33-22)16-5-2-1-3-6-16)17-9-11-18(12-10-17)26-34(31,32)20-8-4-7-19(13-20)27(29)30/h1-13,15,26H,14H2,(H,24,28). The molecule has 1 heterocycles. The van der Waals surface area contributed by atoms with Gasteiger partial charge < -0.3 is 5.32 Å². The minimum absolute atomic E-state index is 0.218. The number of nitro benzene ring substituents is 1. The fourth-order valence-corrected chi connectivity index (χ4v) is 4.90. The monoisotopic (exact) mass is 494 g/mol. The highest BCUT2D eigenvalue weighted by Crippen LogP contribution is 2.22. The van der Waals surface area contributed by atoms with E-state index in [1.54, 1.807) is 0 Å². The maximum atomic E-state index is 12.5. The molecule has 9 nitrogen and oxygen atoms in total. The molecular weight excluding hydrogens is 476 g/mol. The number of nitrogens with zero attached hydrogens (tertiary/aromatic N) is 2. The van der Waals surface area contributed by atoms with Crippen LogP contribution in [0.15, 0.2) is 89.1 Å². The number of carbonyl (C=O) groups is 1. The van der Waals surface area contributed by atoms with Crippen LogP contribution in [0.25, 0.3) is 11.3 Å². The molecule has 3 aromatic carbocycles. The molecule has 0 atom stereocenters. The van der Waals surface area contributed by atoms with E-state index in [0.717, 1.165) is 22.3 Å². The number of rotatable bonds is 8. The summed E-state index contributed by atoms with van der Waals surface area (Å²) >= 11 is 1.45. The summed E-state index contributed by atoms with van der Waals surface area (Å²) in [4.78, 5) is 27.0. The van der Waals surface area contributed by atoms with E-state index in [0.29, 0.717) is 5.56 Å². The van der Waals surface area contributed by atoms with Crippen molar-refractivity contribution in [3.63, 3.8) is 0 Å². The third-order valence-electron chi connectivity index (χ3n) is 4.76. The number of sulfonamides is 1. The van der Waals surface area contributed by atoms with E-state index in [9.17, 15) is 23.3 Å². The average molecular weight is 495 g/mol. The molecule has 0 bridgehead atoms. The molecule has 0 unspecified atom stereocenters. The molecule has 172 valence electrons. The molecule has 0 saturated heterocycles. The molecule has 0 aliphatic rings. The van der Waals surface area contributed by atoms with E-state index < -0.39 is 14.9 Å². The largest absolute Gasteiger partial charge is 0.346 e. The molecule has 34 heavy (non-hydrogen) atoms. The molecular formula is C23H18N4O5S2. The number of hydrogen-bond donors (Lipinski definition) is 2. The summed E-state index contributed by atoms with van der Waals surface area (Å²) in [5, 5.41) is 16.4. The number of aromatic nitrogens is 1. The number of anilines is 1. The van der Waals surface area contributed by atoms with Crippen LogP contribution in [0, 0.1) is 10.1 Å². The summed E-state index contributed by atoms with van der Waals surface area (Å²) in [5.74, 6) is -0.329. The highest BCUT2D eigenvalue weighted by molar-refractivity contribution is 7.92. The van der Waals surface area contributed by atoms with Crippen molar-refractivity contribution in [2.45, 2.75) is 11.4 Å². The van der Waals surface area contributed by atoms with Crippen LogP contribution in [-0.4, -0.2) is 24.2 Å². The number of amides is 1. The normalized spacial score (nSPS) is 11.1. The van der Waals surface area contributed by atoms with Gasteiger partial charge in [0.25, 0.3) is 21.6 Å². The third kappa shape index (κ3) is 5.45. The van der Waals surface area contributed by atoms with Crippen LogP contribution in [0.5, 0.6) is 0 Å². The van der Waals surface area contributed by atoms with Crippen LogP contribution in [0.3, 0.4) is 0 Å². The third-order valence-corrected chi connectivity index (χ3v) is 6.99. The number of non-ortho nitro benzene ring substituents is 1. The highest BCUT2D eigenvalue weighted by atomic mass is 32.2. The van der Waals surface area contributed by atoms with E-state index in [-0.39, 0.29) is 28.7 Å². The smallest absolute Gasteiger partial charge is 0.270 e. The van der Waals surface area contributed by atoms with Crippen LogP contribution in [-0.2, 0) is 16.6 Å². The Morgan fingerprint density at radius 2 is 1.74 bits per heavy atom. The van der Waals surface area contributed by atoms with Gasteiger partial charge in [0.05, 0.1) is 22.1 Å². The molecule has 0 aliphatic heterocycles. The first-order chi connectivity index (χ1) is 16.3. The van der Waals surface area contributed by atoms with E-state index in [2.05, 4.69) is 15.0 Å². The van der Waals surface area contributed by atoms with Crippen molar-refractivity contribution in [2.24, 2.45) is 0 Å². The lowest BCUT2D eigenvalue weighted by Gasteiger charge is -2.09. The van der Waals surface area contributed by atoms with E-state index in [1.807, 2.05) is 35.7 Å². The second kappa shape index (κ2) is 9.81. The second-order valence-electron chi connectivity index (χ2n) is 7.11. The summed E-state index contributed by atoms with van der Waals surface area (Å²) in [5.41, 5.74) is 2.08. The van der Waals surface area contributed by atoms with E-state index in [1.165, 1.54) is 53.8 Å². The topological polar surface area (TPSA) is 131 Å². The van der Waals surface area contributed by atoms with Gasteiger partial charge in [-0.25, -0.2) is 13.4 Å². The minimum atomic E-state index is -4.03. The summed E-state index contributed by atoms with van der Waals surface area (Å²) in [7, 11) is -4.03. The maximum absolute atomic E-state index is 12.5. The Bertz CT molecular complexity index is 1440. The van der Waals surface area contributed by atoms with Gasteiger partial charge in [0, 0.05) is 34.3 Å². The Hall–Kier alpha value is -4.09. The first-order valence-electron chi connectivity index (χ1n) is 9.97. The van der Waals surface area contributed by atoms with Crippen molar-refractivity contribution >= 4 is 38.6 Å². The molecule has 2 N–H and O–H groups in total. The predicted octanol–water partition coefficient (Wildman–Crippen LogP) is 4.45. The van der Waals surface area contributed by atoms with E-state index in [4.69, 9.17) is 0 Å². The molecule has 4 aromatic rings. The number of nitro groups is 1. The number of thiazole rings is 1. The summed E-state index contributed by atoms with van der Waals surface area (Å²) in [6, 6.07) is 20.3. The predicted molar refractivity (Wildman–Crippen MR) is 129 cm³/mol. The molecule has 0 spiro atoms. The lowest BCUT2D eigenvalue weighted by atomic mass is 10.2. The SMILES string of the molecule is O=C(NCc1nc(-c2ccccc2)cs1)c1ccc(NS(=O)(=O)c2cccc([N+](=O)[O-])c2)cc1. The Morgan fingerprint density at radius 3 is 2.44 bits per heavy atom. The average Bonchev–Trinajstić information content (AvgIpc) is 3.32. The summed E-state index contributed by atoms with van der Waals surface area (Å²) in [6.07, 6.45) is 0. The van der Waals surface area contributed by atoms with Crippen molar-refractivity contribution < 1.29 is 18.1 Å². The molecule has 0 saturated carbocycles. The van der Waals surface area contributed by atoms with Gasteiger partial charge in [-0.05, 0) is 30.3 Å². The van der Waals surface area contributed by atoms with Crippen molar-refractivity contribution in [2.75, 3.05) is 4.72 Å². The van der Waals surface area contributed by atoms with Crippen molar-refractivity contribution in [3.05, 3.63) is 105 Å². The van der Waals surface area contributed by atoms with Crippen LogP contribution < -0.4 is 10.0 Å². The van der Waals surface area contributed by atoms with Gasteiger partial charge in [-0.1, -0.05) is 36.4 Å². The van der Waals surface area contributed by atoms with Crippen molar-refractivity contribution in [1.82, 2.24) is 10.3 Å². The first kappa shape index (κ1) is 23.1. The Labute approximate surface area is 199 Å². The highest BCUT2D eigenvalue weighted by Gasteiger charge is 2.18. The van der Waals surface area contributed by atoms with Crippen LogP contribution >= 0.6 is 11.3 Å². The van der Waals surface area contributed by atoms with Gasteiger partial charge in [0.1, 0.15) is 5.01 Å². The Kier molecular flexibility index (Phi) is 6.66. The fourth-order valence-electron chi connectivity index (χ4n) is 3.06. The summed E-state index contributed by atoms with van der Waals surface area (Å²) < 4.78 is 27.4. The number of hydrogen-bond acceptors (Lipinski definition) is 7. The van der Waals surface area contributed by atoms with Gasteiger partial charge >= 0.3 is 0 Å². The summed E-state index contributed by atoms with van der Waals surface area (Å²) in [6.45, 7) is 0.261. The number of nitrogens with one attached hydrogen (secondary N) is 2. The zero-order chi connectivity index (χ0) is 24.1. The molecule has 0 aliphatic carbocycles. The van der Waals surface area contributed by atoms with Gasteiger partial charge in [0.15, 0.2) is 0 Å². The first-order valence-corrected chi connectivity index (χ1v) is 12.3. The molecule has 0 radical (unpaired) electrons. The quantitative estimate of drug-likeness (QED) is 0.275. The van der Waals surface area contributed by atoms with Gasteiger partial charge in [-0.2, -0.15) is 0 Å². The maximum Gasteiger partial charge on any atom is 0.270 e. The number of carbonyl (C=O) groups excluding carboxylic acids is 1. The van der Waals surface area contributed by atoms with Gasteiger partial charge in [0.2, 0.25) is 0 Å². The number of benzene rings is 3. The Morgan fingerprint density at radius 1 is 1.00 bits per heavy atom. The zero-order valence-electron chi connectivity index (χ0n) is 17.5. The van der Waals surface area contributed by atoms with Crippen LogP contribution in [0.1, 0.15) is 15.4 Å². The Balaban J connectivity index is 1.38. The van der Waals surface area contributed by atoms with E-state index >= 15 is 0 Å². The molecule has 11 heteroatoms. The minimum Gasteiger partial charge on any atom is -0.346 e.